The zero-order valence-corrected chi connectivity index (χ0v) is 13.6. The molecular formula is C18H20N4O. The summed E-state index contributed by atoms with van der Waals surface area (Å²) in [6, 6.07) is 11.5. The molecule has 0 aliphatic heterocycles. The van der Waals surface area contributed by atoms with E-state index < -0.39 is 0 Å². The van der Waals surface area contributed by atoms with Crippen molar-refractivity contribution in [2.45, 2.75) is 33.7 Å². The number of aryl methyl sites for hydroxylation is 3. The minimum Gasteiger partial charge on any atom is -0.322 e. The quantitative estimate of drug-likeness (QED) is 0.799. The van der Waals surface area contributed by atoms with E-state index in [4.69, 9.17) is 0 Å². The van der Waals surface area contributed by atoms with E-state index in [1.807, 2.05) is 48.9 Å². The van der Waals surface area contributed by atoms with Gasteiger partial charge in [0.15, 0.2) is 0 Å². The van der Waals surface area contributed by atoms with Crippen molar-refractivity contribution in [1.82, 2.24) is 15.0 Å². The van der Waals surface area contributed by atoms with E-state index in [9.17, 15) is 4.79 Å². The molecule has 5 heteroatoms. The first-order chi connectivity index (χ1) is 11.1. The van der Waals surface area contributed by atoms with E-state index in [-0.39, 0.29) is 5.91 Å². The van der Waals surface area contributed by atoms with Gasteiger partial charge in [0.25, 0.3) is 5.91 Å². The number of fused-ring (bicyclic) bond motifs is 1. The second-order valence-electron chi connectivity index (χ2n) is 5.74. The van der Waals surface area contributed by atoms with E-state index in [2.05, 4.69) is 22.6 Å². The van der Waals surface area contributed by atoms with Crippen molar-refractivity contribution in [3.63, 3.8) is 0 Å². The van der Waals surface area contributed by atoms with Crippen molar-refractivity contribution in [1.29, 1.82) is 0 Å². The van der Waals surface area contributed by atoms with E-state index in [0.717, 1.165) is 40.8 Å². The lowest BCUT2D eigenvalue weighted by Crippen LogP contribution is -2.13. The highest BCUT2D eigenvalue weighted by molar-refractivity contribution is 6.06. The van der Waals surface area contributed by atoms with Crippen LogP contribution in [0.5, 0.6) is 0 Å². The fourth-order valence-electron chi connectivity index (χ4n) is 2.69. The Hall–Kier alpha value is -2.69. The van der Waals surface area contributed by atoms with Gasteiger partial charge in [0.2, 0.25) is 0 Å². The Balaban J connectivity index is 1.89. The number of anilines is 1. The average Bonchev–Trinajstić information content (AvgIpc) is 2.94. The molecule has 0 spiro atoms. The molecule has 0 atom stereocenters. The molecule has 1 N–H and O–H groups in total. The summed E-state index contributed by atoms with van der Waals surface area (Å²) in [5, 5.41) is 11.3. The third kappa shape index (κ3) is 2.95. The number of nitrogens with one attached hydrogen (secondary N) is 1. The summed E-state index contributed by atoms with van der Waals surface area (Å²) in [6.45, 7) is 6.90. The van der Waals surface area contributed by atoms with Crippen LogP contribution < -0.4 is 5.32 Å². The van der Waals surface area contributed by atoms with Crippen LogP contribution in [0, 0.1) is 13.8 Å². The molecule has 0 unspecified atom stereocenters. The number of rotatable bonds is 4. The lowest BCUT2D eigenvalue weighted by molar-refractivity contribution is 0.102. The van der Waals surface area contributed by atoms with Crippen molar-refractivity contribution in [2.24, 2.45) is 0 Å². The summed E-state index contributed by atoms with van der Waals surface area (Å²) in [4.78, 5) is 12.5. The van der Waals surface area contributed by atoms with Crippen LogP contribution in [0.2, 0.25) is 0 Å². The lowest BCUT2D eigenvalue weighted by atomic mass is 10.1. The van der Waals surface area contributed by atoms with Crippen molar-refractivity contribution < 1.29 is 4.79 Å². The molecule has 0 saturated carbocycles. The molecular weight excluding hydrogens is 288 g/mol. The molecule has 3 aromatic rings. The minimum atomic E-state index is -0.130. The van der Waals surface area contributed by atoms with Crippen LogP contribution in [-0.2, 0) is 6.54 Å². The van der Waals surface area contributed by atoms with Gasteiger partial charge in [-0.3, -0.25) is 4.79 Å². The van der Waals surface area contributed by atoms with Gasteiger partial charge in [-0.2, -0.15) is 0 Å². The lowest BCUT2D eigenvalue weighted by Gasteiger charge is -2.11. The third-order valence-corrected chi connectivity index (χ3v) is 3.93. The fraction of sp³-hybridized carbons (Fsp3) is 0.278. The maximum atomic E-state index is 12.5. The summed E-state index contributed by atoms with van der Waals surface area (Å²) in [5.74, 6) is -0.130. The average molecular weight is 308 g/mol. The van der Waals surface area contributed by atoms with E-state index in [1.54, 1.807) is 6.07 Å². The topological polar surface area (TPSA) is 59.8 Å². The van der Waals surface area contributed by atoms with Crippen molar-refractivity contribution in [2.75, 3.05) is 5.32 Å². The number of carbonyl (C=O) groups excluding carboxylic acids is 1. The van der Waals surface area contributed by atoms with Crippen LogP contribution in [-0.4, -0.2) is 20.9 Å². The van der Waals surface area contributed by atoms with Gasteiger partial charge in [0.05, 0.1) is 5.52 Å². The van der Waals surface area contributed by atoms with Crippen LogP contribution >= 0.6 is 0 Å². The van der Waals surface area contributed by atoms with E-state index >= 15 is 0 Å². The number of hydrogen-bond acceptors (Lipinski definition) is 3. The first kappa shape index (κ1) is 15.2. The summed E-state index contributed by atoms with van der Waals surface area (Å²) in [7, 11) is 0. The number of para-hydroxylation sites is 1. The highest BCUT2D eigenvalue weighted by atomic mass is 16.1. The monoisotopic (exact) mass is 308 g/mol. The Labute approximate surface area is 135 Å². The number of nitrogens with zero attached hydrogens (tertiary/aromatic N) is 3. The maximum Gasteiger partial charge on any atom is 0.255 e. The number of amides is 1. The molecule has 3 rings (SSSR count). The summed E-state index contributed by atoms with van der Waals surface area (Å²) < 4.78 is 1.86. The molecule has 5 nitrogen and oxygen atoms in total. The van der Waals surface area contributed by atoms with Gasteiger partial charge in [-0.25, -0.2) is 4.68 Å². The number of benzene rings is 2. The number of aromatic nitrogens is 3. The van der Waals surface area contributed by atoms with Crippen LogP contribution in [0.25, 0.3) is 11.0 Å². The molecule has 23 heavy (non-hydrogen) atoms. The predicted molar refractivity (Wildman–Crippen MR) is 91.7 cm³/mol. The predicted octanol–water partition coefficient (Wildman–Crippen LogP) is 3.71. The zero-order valence-electron chi connectivity index (χ0n) is 13.6. The van der Waals surface area contributed by atoms with Crippen molar-refractivity contribution >= 4 is 22.6 Å². The van der Waals surface area contributed by atoms with Gasteiger partial charge in [0, 0.05) is 17.8 Å². The Bertz CT molecular complexity index is 846. The highest BCUT2D eigenvalue weighted by Gasteiger charge is 2.12. The molecule has 0 radical (unpaired) electrons. The summed E-state index contributed by atoms with van der Waals surface area (Å²) in [5.41, 5.74) is 5.25. The van der Waals surface area contributed by atoms with E-state index in [1.165, 1.54) is 0 Å². The second-order valence-corrected chi connectivity index (χ2v) is 5.74. The first-order valence-electron chi connectivity index (χ1n) is 7.81. The fourth-order valence-corrected chi connectivity index (χ4v) is 2.69. The third-order valence-electron chi connectivity index (χ3n) is 3.93. The van der Waals surface area contributed by atoms with Crippen molar-refractivity contribution in [3.05, 3.63) is 53.1 Å². The standard InChI is InChI=1S/C18H20N4O/c1-4-10-22-16-9-8-14(11-15(16)20-21-22)18(23)19-17-12(2)6-5-7-13(17)3/h5-9,11H,4,10H2,1-3H3,(H,19,23). The summed E-state index contributed by atoms with van der Waals surface area (Å²) in [6.07, 6.45) is 0.993. The summed E-state index contributed by atoms with van der Waals surface area (Å²) >= 11 is 0. The zero-order chi connectivity index (χ0) is 16.4. The molecule has 0 bridgehead atoms. The number of hydrogen-bond donors (Lipinski definition) is 1. The minimum absolute atomic E-state index is 0.130. The number of carbonyl (C=O) groups is 1. The molecule has 1 amide bonds. The van der Waals surface area contributed by atoms with E-state index in [0.29, 0.717) is 5.56 Å². The molecule has 1 aromatic heterocycles. The molecule has 2 aromatic carbocycles. The second kappa shape index (κ2) is 6.20. The molecule has 1 heterocycles. The van der Waals surface area contributed by atoms with Gasteiger partial charge in [-0.1, -0.05) is 30.3 Å². The largest absolute Gasteiger partial charge is 0.322 e. The van der Waals surface area contributed by atoms with Gasteiger partial charge in [-0.05, 0) is 49.6 Å². The van der Waals surface area contributed by atoms with Crippen LogP contribution in [0.4, 0.5) is 5.69 Å². The Kier molecular flexibility index (Phi) is 4.10. The maximum absolute atomic E-state index is 12.5. The van der Waals surface area contributed by atoms with Gasteiger partial charge in [-0.15, -0.1) is 5.10 Å². The normalized spacial score (nSPS) is 10.9. The molecule has 0 aliphatic carbocycles. The Morgan fingerprint density at radius 2 is 1.91 bits per heavy atom. The molecule has 0 saturated heterocycles. The van der Waals surface area contributed by atoms with Gasteiger partial charge < -0.3 is 5.32 Å². The molecule has 0 aliphatic rings. The van der Waals surface area contributed by atoms with Crippen LogP contribution in [0.15, 0.2) is 36.4 Å². The Morgan fingerprint density at radius 3 is 2.61 bits per heavy atom. The SMILES string of the molecule is CCCn1nnc2cc(C(=O)Nc3c(C)cccc3C)ccc21. The van der Waals surface area contributed by atoms with Crippen molar-refractivity contribution in [3.8, 4) is 0 Å². The first-order valence-corrected chi connectivity index (χ1v) is 7.81. The highest BCUT2D eigenvalue weighted by Crippen LogP contribution is 2.21. The smallest absolute Gasteiger partial charge is 0.255 e. The van der Waals surface area contributed by atoms with Crippen LogP contribution in [0.3, 0.4) is 0 Å². The van der Waals surface area contributed by atoms with Gasteiger partial charge in [0.1, 0.15) is 5.52 Å². The molecule has 118 valence electrons. The van der Waals surface area contributed by atoms with Gasteiger partial charge >= 0.3 is 0 Å². The van der Waals surface area contributed by atoms with Crippen LogP contribution in [0.1, 0.15) is 34.8 Å². The Morgan fingerprint density at radius 1 is 1.17 bits per heavy atom. The molecule has 0 fully saturated rings.